The van der Waals surface area contributed by atoms with E-state index in [4.69, 9.17) is 9.72 Å². The second-order valence-electron chi connectivity index (χ2n) is 5.24. The van der Waals surface area contributed by atoms with Gasteiger partial charge in [0.05, 0.1) is 18.8 Å². The Hall–Kier alpha value is -0.610. The number of hydrogen-bond acceptors (Lipinski definition) is 3. The summed E-state index contributed by atoms with van der Waals surface area (Å²) in [4.78, 5) is 7.23. The summed E-state index contributed by atoms with van der Waals surface area (Å²) in [6.07, 6.45) is 3.88. The molecule has 18 heavy (non-hydrogen) atoms. The molecule has 1 aromatic heterocycles. The van der Waals surface area contributed by atoms with Crippen molar-refractivity contribution >= 4 is 21.7 Å². The number of morpholine rings is 1. The molecule has 2 unspecified atom stereocenters. The van der Waals surface area contributed by atoms with Crippen molar-refractivity contribution in [3.63, 3.8) is 0 Å². The molecule has 1 aromatic rings. The smallest absolute Gasteiger partial charge is 0.129 e. The van der Waals surface area contributed by atoms with E-state index in [-0.39, 0.29) is 6.10 Å². The van der Waals surface area contributed by atoms with Gasteiger partial charge in [-0.2, -0.15) is 0 Å². The number of aromatic nitrogens is 1. The highest BCUT2D eigenvalue weighted by Gasteiger charge is 2.27. The Morgan fingerprint density at radius 2 is 2.33 bits per heavy atom. The molecule has 2 atom stereocenters. The number of halogens is 1. The fourth-order valence-corrected chi connectivity index (χ4v) is 3.19. The van der Waals surface area contributed by atoms with Gasteiger partial charge in [0.2, 0.25) is 0 Å². The lowest BCUT2D eigenvalue weighted by atomic mass is 10.2. The van der Waals surface area contributed by atoms with Crippen LogP contribution >= 0.6 is 15.9 Å². The van der Waals surface area contributed by atoms with E-state index in [2.05, 4.69) is 39.9 Å². The normalized spacial score (nSPS) is 27.3. The molecule has 1 aliphatic carbocycles. The summed E-state index contributed by atoms with van der Waals surface area (Å²) >= 11 is 3.51. The molecular weight excluding hydrogens is 292 g/mol. The van der Waals surface area contributed by atoms with E-state index in [1.807, 2.05) is 0 Å². The van der Waals surface area contributed by atoms with Crippen molar-refractivity contribution in [2.24, 2.45) is 0 Å². The van der Waals surface area contributed by atoms with Crippen LogP contribution in [0, 0.1) is 0 Å². The molecule has 1 aliphatic heterocycles. The van der Waals surface area contributed by atoms with Gasteiger partial charge in [-0.05, 0) is 37.8 Å². The number of pyridine rings is 1. The van der Waals surface area contributed by atoms with Crippen LogP contribution in [0.4, 0.5) is 5.82 Å². The van der Waals surface area contributed by atoms with E-state index in [0.29, 0.717) is 6.04 Å². The number of nitrogens with zero attached hydrogens (tertiary/aromatic N) is 2. The van der Waals surface area contributed by atoms with Gasteiger partial charge in [0.1, 0.15) is 5.82 Å². The molecular formula is C14H19BrN2O. The van der Waals surface area contributed by atoms with Gasteiger partial charge in [0, 0.05) is 17.6 Å². The summed E-state index contributed by atoms with van der Waals surface area (Å²) in [6, 6.07) is 4.85. The maximum absolute atomic E-state index is 5.77. The molecule has 1 saturated heterocycles. The topological polar surface area (TPSA) is 25.4 Å². The molecule has 0 saturated carbocycles. The first-order valence-electron chi connectivity index (χ1n) is 6.71. The van der Waals surface area contributed by atoms with Gasteiger partial charge in [-0.1, -0.05) is 22.0 Å². The van der Waals surface area contributed by atoms with E-state index in [0.717, 1.165) is 30.7 Å². The Balaban J connectivity index is 1.84. The third-order valence-electron chi connectivity index (χ3n) is 3.89. The summed E-state index contributed by atoms with van der Waals surface area (Å²) < 4.78 is 5.77. The van der Waals surface area contributed by atoms with Gasteiger partial charge in [-0.15, -0.1) is 0 Å². The molecule has 2 aliphatic rings. The summed E-state index contributed by atoms with van der Waals surface area (Å²) in [5.41, 5.74) is 2.75. The Labute approximate surface area is 117 Å². The van der Waals surface area contributed by atoms with Crippen LogP contribution in [0.25, 0.3) is 0 Å². The quantitative estimate of drug-likeness (QED) is 0.785. The average Bonchev–Trinajstić information content (AvgIpc) is 2.86. The molecule has 0 amide bonds. The van der Waals surface area contributed by atoms with E-state index in [1.54, 1.807) is 0 Å². The number of anilines is 1. The number of hydrogen-bond donors (Lipinski definition) is 0. The zero-order valence-electron chi connectivity index (χ0n) is 10.7. The highest BCUT2D eigenvalue weighted by Crippen LogP contribution is 2.26. The largest absolute Gasteiger partial charge is 0.373 e. The number of aryl methyl sites for hydroxylation is 2. The van der Waals surface area contributed by atoms with Crippen LogP contribution in [0.1, 0.15) is 24.6 Å². The lowest BCUT2D eigenvalue weighted by Gasteiger charge is -2.38. The molecule has 0 bridgehead atoms. The fourth-order valence-electron chi connectivity index (χ4n) is 2.80. The van der Waals surface area contributed by atoms with E-state index < -0.39 is 0 Å². The van der Waals surface area contributed by atoms with Crippen LogP contribution < -0.4 is 4.90 Å². The lowest BCUT2D eigenvalue weighted by molar-refractivity contribution is 0.0376. The van der Waals surface area contributed by atoms with Crippen LogP contribution in [0.15, 0.2) is 12.1 Å². The molecule has 0 radical (unpaired) electrons. The Morgan fingerprint density at radius 3 is 3.17 bits per heavy atom. The van der Waals surface area contributed by atoms with Gasteiger partial charge in [-0.25, -0.2) is 4.98 Å². The summed E-state index contributed by atoms with van der Waals surface area (Å²) in [6.45, 7) is 3.92. The first-order chi connectivity index (χ1) is 8.78. The molecule has 2 heterocycles. The Morgan fingerprint density at radius 1 is 1.44 bits per heavy atom. The minimum Gasteiger partial charge on any atom is -0.373 e. The van der Waals surface area contributed by atoms with Gasteiger partial charge in [0.25, 0.3) is 0 Å². The van der Waals surface area contributed by atoms with E-state index in [1.165, 1.54) is 24.1 Å². The first kappa shape index (κ1) is 12.4. The molecule has 98 valence electrons. The lowest BCUT2D eigenvalue weighted by Crippen LogP contribution is -2.49. The first-order valence-corrected chi connectivity index (χ1v) is 7.83. The van der Waals surface area contributed by atoms with Crippen LogP contribution in [-0.4, -0.2) is 35.6 Å². The number of alkyl halides is 1. The molecule has 3 nitrogen and oxygen atoms in total. The molecule has 0 aromatic carbocycles. The highest BCUT2D eigenvalue weighted by atomic mass is 79.9. The maximum atomic E-state index is 5.77. The molecule has 4 heteroatoms. The van der Waals surface area contributed by atoms with Crippen molar-refractivity contribution in [2.45, 2.75) is 38.3 Å². The molecule has 1 fully saturated rings. The van der Waals surface area contributed by atoms with Gasteiger partial charge < -0.3 is 9.64 Å². The summed E-state index contributed by atoms with van der Waals surface area (Å²) in [5, 5.41) is 0.890. The van der Waals surface area contributed by atoms with Crippen molar-refractivity contribution in [1.82, 2.24) is 4.98 Å². The van der Waals surface area contributed by atoms with Gasteiger partial charge in [0.15, 0.2) is 0 Å². The summed E-state index contributed by atoms with van der Waals surface area (Å²) in [7, 11) is 0. The minimum absolute atomic E-state index is 0.274. The van der Waals surface area contributed by atoms with Crippen LogP contribution in [0.2, 0.25) is 0 Å². The van der Waals surface area contributed by atoms with Gasteiger partial charge >= 0.3 is 0 Å². The maximum Gasteiger partial charge on any atom is 0.129 e. The van der Waals surface area contributed by atoms with E-state index >= 15 is 0 Å². The van der Waals surface area contributed by atoms with Gasteiger partial charge in [-0.3, -0.25) is 0 Å². The number of fused-ring (bicyclic) bond motifs is 1. The SMILES string of the molecule is CC1COC(CBr)CN1c1ccc2c(n1)CCC2. The van der Waals surface area contributed by atoms with E-state index in [9.17, 15) is 0 Å². The third-order valence-corrected chi connectivity index (χ3v) is 4.61. The second kappa shape index (κ2) is 5.17. The number of rotatable bonds is 2. The fraction of sp³-hybridized carbons (Fsp3) is 0.643. The third kappa shape index (κ3) is 2.28. The van der Waals surface area contributed by atoms with Crippen LogP contribution in [0.5, 0.6) is 0 Å². The Kier molecular flexibility index (Phi) is 3.57. The van der Waals surface area contributed by atoms with Crippen molar-refractivity contribution in [3.05, 3.63) is 23.4 Å². The van der Waals surface area contributed by atoms with Crippen LogP contribution in [-0.2, 0) is 17.6 Å². The highest BCUT2D eigenvalue weighted by molar-refractivity contribution is 9.09. The predicted octanol–water partition coefficient (Wildman–Crippen LogP) is 2.56. The monoisotopic (exact) mass is 310 g/mol. The Bertz CT molecular complexity index is 438. The zero-order chi connectivity index (χ0) is 12.5. The van der Waals surface area contributed by atoms with Crippen LogP contribution in [0.3, 0.4) is 0 Å². The molecule has 3 rings (SSSR count). The van der Waals surface area contributed by atoms with Crippen molar-refractivity contribution in [2.75, 3.05) is 23.4 Å². The molecule has 0 N–H and O–H groups in total. The standard InChI is InChI=1S/C14H19BrN2O/c1-10-9-18-12(7-15)8-17(10)14-6-5-11-3-2-4-13(11)16-14/h5-6,10,12H,2-4,7-9H2,1H3. The minimum atomic E-state index is 0.274. The average molecular weight is 311 g/mol. The molecule has 0 spiro atoms. The summed E-state index contributed by atoms with van der Waals surface area (Å²) in [5.74, 6) is 1.12. The van der Waals surface area contributed by atoms with Crippen molar-refractivity contribution in [3.8, 4) is 0 Å². The zero-order valence-corrected chi connectivity index (χ0v) is 12.3. The van der Waals surface area contributed by atoms with Crippen molar-refractivity contribution in [1.29, 1.82) is 0 Å². The number of ether oxygens (including phenoxy) is 1. The van der Waals surface area contributed by atoms with Crippen molar-refractivity contribution < 1.29 is 4.74 Å². The second-order valence-corrected chi connectivity index (χ2v) is 5.89. The predicted molar refractivity (Wildman–Crippen MR) is 76.6 cm³/mol.